The van der Waals surface area contributed by atoms with E-state index in [2.05, 4.69) is 10.3 Å². The SMILES string of the molecule is CCC(O)(CC)CNCc1coc(-c2ccccc2)n1. The second kappa shape index (κ2) is 6.68. The highest BCUT2D eigenvalue weighted by Gasteiger charge is 2.21. The molecule has 2 aromatic rings. The molecule has 0 radical (unpaired) electrons. The Balaban J connectivity index is 1.91. The van der Waals surface area contributed by atoms with Crippen molar-refractivity contribution < 1.29 is 9.52 Å². The molecule has 4 heteroatoms. The van der Waals surface area contributed by atoms with E-state index in [1.54, 1.807) is 6.26 Å². The van der Waals surface area contributed by atoms with Gasteiger partial charge in [-0.05, 0) is 25.0 Å². The zero-order chi connectivity index (χ0) is 14.4. The molecular formula is C16H22N2O2. The van der Waals surface area contributed by atoms with Gasteiger partial charge >= 0.3 is 0 Å². The predicted octanol–water partition coefficient (Wildman–Crippen LogP) is 2.98. The molecule has 108 valence electrons. The second-order valence-electron chi connectivity index (χ2n) is 5.05. The molecule has 0 fully saturated rings. The first-order valence-corrected chi connectivity index (χ1v) is 7.10. The molecule has 0 saturated carbocycles. The van der Waals surface area contributed by atoms with Crippen LogP contribution in [0.25, 0.3) is 11.5 Å². The lowest BCUT2D eigenvalue weighted by molar-refractivity contribution is 0.0322. The van der Waals surface area contributed by atoms with Crippen molar-refractivity contribution in [1.29, 1.82) is 0 Å². The van der Waals surface area contributed by atoms with Crippen LogP contribution in [-0.2, 0) is 6.54 Å². The molecule has 0 saturated heterocycles. The molecule has 0 bridgehead atoms. The molecule has 0 amide bonds. The maximum Gasteiger partial charge on any atom is 0.226 e. The van der Waals surface area contributed by atoms with Gasteiger partial charge in [-0.15, -0.1) is 0 Å². The topological polar surface area (TPSA) is 58.3 Å². The molecule has 20 heavy (non-hydrogen) atoms. The van der Waals surface area contributed by atoms with Crippen LogP contribution in [0.2, 0.25) is 0 Å². The molecule has 0 unspecified atom stereocenters. The van der Waals surface area contributed by atoms with Gasteiger partial charge in [-0.25, -0.2) is 4.98 Å². The van der Waals surface area contributed by atoms with Crippen LogP contribution in [0.5, 0.6) is 0 Å². The molecule has 0 aliphatic carbocycles. The van der Waals surface area contributed by atoms with Crippen molar-refractivity contribution in [3.63, 3.8) is 0 Å². The van der Waals surface area contributed by atoms with Crippen molar-refractivity contribution in [1.82, 2.24) is 10.3 Å². The van der Waals surface area contributed by atoms with Gasteiger partial charge in [-0.1, -0.05) is 32.0 Å². The summed E-state index contributed by atoms with van der Waals surface area (Å²) < 4.78 is 5.47. The molecule has 0 aliphatic rings. The predicted molar refractivity (Wildman–Crippen MR) is 79.2 cm³/mol. The number of oxazole rings is 1. The lowest BCUT2D eigenvalue weighted by Gasteiger charge is -2.25. The van der Waals surface area contributed by atoms with Gasteiger partial charge in [0.15, 0.2) is 0 Å². The van der Waals surface area contributed by atoms with E-state index >= 15 is 0 Å². The number of rotatable bonds is 7. The van der Waals surface area contributed by atoms with Crippen LogP contribution in [0.1, 0.15) is 32.4 Å². The average molecular weight is 274 g/mol. The fourth-order valence-corrected chi connectivity index (χ4v) is 2.02. The summed E-state index contributed by atoms with van der Waals surface area (Å²) in [6, 6.07) is 9.82. The van der Waals surface area contributed by atoms with Gasteiger partial charge in [0.1, 0.15) is 6.26 Å². The average Bonchev–Trinajstić information content (AvgIpc) is 2.97. The minimum absolute atomic E-state index is 0.563. The Bertz CT molecular complexity index is 518. The molecular weight excluding hydrogens is 252 g/mol. The van der Waals surface area contributed by atoms with E-state index in [1.807, 2.05) is 44.2 Å². The highest BCUT2D eigenvalue weighted by Crippen LogP contribution is 2.18. The van der Waals surface area contributed by atoms with Gasteiger partial charge < -0.3 is 14.8 Å². The van der Waals surface area contributed by atoms with E-state index in [1.165, 1.54) is 0 Å². The largest absolute Gasteiger partial charge is 0.444 e. The quantitative estimate of drug-likeness (QED) is 0.815. The van der Waals surface area contributed by atoms with Crippen molar-refractivity contribution in [3.8, 4) is 11.5 Å². The monoisotopic (exact) mass is 274 g/mol. The normalized spacial score (nSPS) is 11.8. The summed E-state index contributed by atoms with van der Waals surface area (Å²) in [5, 5.41) is 13.4. The standard InChI is InChI=1S/C16H22N2O2/c1-3-16(19,4-2)12-17-10-14-11-20-15(18-14)13-8-6-5-7-9-13/h5-9,11,17,19H,3-4,10,12H2,1-2H3. The summed E-state index contributed by atoms with van der Waals surface area (Å²) in [7, 11) is 0. The molecule has 0 spiro atoms. The maximum atomic E-state index is 10.2. The number of hydrogen-bond donors (Lipinski definition) is 2. The van der Waals surface area contributed by atoms with Crippen LogP contribution in [0.4, 0.5) is 0 Å². The molecule has 0 atom stereocenters. The fraction of sp³-hybridized carbons (Fsp3) is 0.438. The summed E-state index contributed by atoms with van der Waals surface area (Å²) in [6.07, 6.45) is 3.14. The summed E-state index contributed by atoms with van der Waals surface area (Å²) >= 11 is 0. The Labute approximate surface area is 119 Å². The first kappa shape index (κ1) is 14.8. The summed E-state index contributed by atoms with van der Waals surface area (Å²) in [6.45, 7) is 5.15. The van der Waals surface area contributed by atoms with Crippen LogP contribution >= 0.6 is 0 Å². The van der Waals surface area contributed by atoms with E-state index in [0.29, 0.717) is 19.0 Å². The Morgan fingerprint density at radius 3 is 2.55 bits per heavy atom. The van der Waals surface area contributed by atoms with Crippen molar-refractivity contribution >= 4 is 0 Å². The first-order valence-electron chi connectivity index (χ1n) is 7.10. The molecule has 4 nitrogen and oxygen atoms in total. The highest BCUT2D eigenvalue weighted by atomic mass is 16.3. The summed E-state index contributed by atoms with van der Waals surface area (Å²) in [5.74, 6) is 0.628. The van der Waals surface area contributed by atoms with E-state index in [-0.39, 0.29) is 0 Å². The summed E-state index contributed by atoms with van der Waals surface area (Å²) in [5.41, 5.74) is 1.18. The Morgan fingerprint density at radius 1 is 1.20 bits per heavy atom. The third kappa shape index (κ3) is 3.68. The Hall–Kier alpha value is -1.65. The Kier molecular flexibility index (Phi) is 4.93. The van der Waals surface area contributed by atoms with Gasteiger partial charge in [-0.3, -0.25) is 0 Å². The number of benzene rings is 1. The minimum atomic E-state index is -0.633. The van der Waals surface area contributed by atoms with E-state index in [4.69, 9.17) is 4.42 Å². The molecule has 2 N–H and O–H groups in total. The fourth-order valence-electron chi connectivity index (χ4n) is 2.02. The van der Waals surface area contributed by atoms with Crippen LogP contribution in [-0.4, -0.2) is 22.2 Å². The van der Waals surface area contributed by atoms with Crippen LogP contribution in [0, 0.1) is 0 Å². The van der Waals surface area contributed by atoms with Gasteiger partial charge in [0.25, 0.3) is 0 Å². The highest BCUT2D eigenvalue weighted by molar-refractivity contribution is 5.52. The summed E-state index contributed by atoms with van der Waals surface area (Å²) in [4.78, 5) is 4.44. The van der Waals surface area contributed by atoms with E-state index in [9.17, 15) is 5.11 Å². The van der Waals surface area contributed by atoms with Crippen LogP contribution in [0.15, 0.2) is 41.0 Å². The van der Waals surface area contributed by atoms with Gasteiger partial charge in [-0.2, -0.15) is 0 Å². The van der Waals surface area contributed by atoms with Crippen molar-refractivity contribution in [2.24, 2.45) is 0 Å². The molecule has 1 aromatic carbocycles. The lowest BCUT2D eigenvalue weighted by Crippen LogP contribution is -2.39. The van der Waals surface area contributed by atoms with Gasteiger partial charge in [0, 0.05) is 18.7 Å². The van der Waals surface area contributed by atoms with Gasteiger partial charge in [0.2, 0.25) is 5.89 Å². The lowest BCUT2D eigenvalue weighted by atomic mass is 9.98. The maximum absolute atomic E-state index is 10.2. The third-order valence-corrected chi connectivity index (χ3v) is 3.65. The van der Waals surface area contributed by atoms with Crippen molar-refractivity contribution in [2.45, 2.75) is 38.8 Å². The first-order chi connectivity index (χ1) is 9.67. The molecule has 1 aromatic heterocycles. The molecule has 2 rings (SSSR count). The second-order valence-corrected chi connectivity index (χ2v) is 5.05. The van der Waals surface area contributed by atoms with Crippen molar-refractivity contribution in [3.05, 3.63) is 42.3 Å². The zero-order valence-corrected chi connectivity index (χ0v) is 12.1. The minimum Gasteiger partial charge on any atom is -0.444 e. The number of nitrogens with one attached hydrogen (secondary N) is 1. The number of aromatic nitrogens is 1. The third-order valence-electron chi connectivity index (χ3n) is 3.65. The number of aliphatic hydroxyl groups is 1. The number of hydrogen-bond acceptors (Lipinski definition) is 4. The van der Waals surface area contributed by atoms with Gasteiger partial charge in [0.05, 0.1) is 11.3 Å². The van der Waals surface area contributed by atoms with E-state index in [0.717, 1.165) is 24.1 Å². The van der Waals surface area contributed by atoms with Crippen LogP contribution in [0.3, 0.4) is 0 Å². The van der Waals surface area contributed by atoms with Crippen molar-refractivity contribution in [2.75, 3.05) is 6.54 Å². The Morgan fingerprint density at radius 2 is 1.90 bits per heavy atom. The molecule has 1 heterocycles. The smallest absolute Gasteiger partial charge is 0.226 e. The molecule has 0 aliphatic heterocycles. The number of nitrogens with zero attached hydrogens (tertiary/aromatic N) is 1. The van der Waals surface area contributed by atoms with Crippen LogP contribution < -0.4 is 5.32 Å². The zero-order valence-electron chi connectivity index (χ0n) is 12.1. The van der Waals surface area contributed by atoms with E-state index < -0.39 is 5.60 Å².